The first-order chi connectivity index (χ1) is 65.8. The molecule has 0 bridgehead atoms. The zero-order valence-corrected chi connectivity index (χ0v) is 74.0. The molecule has 4 heterocycles. The lowest BCUT2D eigenvalue weighted by Gasteiger charge is -2.28. The summed E-state index contributed by atoms with van der Waals surface area (Å²) in [7, 11) is 0. The van der Waals surface area contributed by atoms with Gasteiger partial charge in [0.25, 0.3) is 0 Å². The zero-order valence-electron chi connectivity index (χ0n) is 74.0. The van der Waals surface area contributed by atoms with Crippen LogP contribution in [0.25, 0.3) is 175 Å². The first-order valence-corrected chi connectivity index (χ1v) is 46.1. The van der Waals surface area contributed by atoms with Crippen molar-refractivity contribution < 1.29 is 17.7 Å². The lowest BCUT2D eigenvalue weighted by molar-refractivity contribution is 0.660. The maximum atomic E-state index is 6.78. The van der Waals surface area contributed by atoms with E-state index in [9.17, 15) is 0 Å². The molecule has 0 unspecified atom stereocenters. The van der Waals surface area contributed by atoms with E-state index < -0.39 is 0 Å². The third kappa shape index (κ3) is 12.2. The first kappa shape index (κ1) is 76.8. The van der Waals surface area contributed by atoms with Gasteiger partial charge in [-0.1, -0.05) is 246 Å². The molecule has 0 radical (unpaired) electrons. The van der Waals surface area contributed by atoms with Gasteiger partial charge in [0.1, 0.15) is 44.7 Å². The topological polar surface area (TPSA) is 65.5 Å². The molecule has 28 rings (SSSR count). The minimum atomic E-state index is -0.112. The zero-order chi connectivity index (χ0) is 88.8. The van der Waals surface area contributed by atoms with Gasteiger partial charge in [-0.15, -0.1) is 0 Å². The fourth-order valence-corrected chi connectivity index (χ4v) is 22.1. The number of nitrogens with zero attached hydrogens (tertiary/aromatic N) is 4. The molecule has 632 valence electrons. The van der Waals surface area contributed by atoms with Crippen molar-refractivity contribution in [2.75, 3.05) is 19.6 Å². The van der Waals surface area contributed by atoms with Crippen LogP contribution in [0, 0.1) is 0 Å². The second kappa shape index (κ2) is 29.7. The van der Waals surface area contributed by atoms with E-state index in [1.165, 1.54) is 87.6 Å². The number of furan rings is 4. The van der Waals surface area contributed by atoms with Crippen molar-refractivity contribution in [3.63, 3.8) is 0 Å². The van der Waals surface area contributed by atoms with Gasteiger partial charge in [-0.3, -0.25) is 0 Å². The van der Waals surface area contributed by atoms with E-state index in [4.69, 9.17) is 17.7 Å². The largest absolute Gasteiger partial charge is 0.456 e. The van der Waals surface area contributed by atoms with Crippen LogP contribution in [0.15, 0.2) is 454 Å². The second-order valence-electron chi connectivity index (χ2n) is 37.1. The second-order valence-corrected chi connectivity index (χ2v) is 37.1. The van der Waals surface area contributed by atoms with Gasteiger partial charge in [-0.25, -0.2) is 0 Å². The Balaban J connectivity index is 0.000000137. The predicted octanol–water partition coefficient (Wildman–Crippen LogP) is 36.4. The monoisotopic (exact) mass is 1720 g/mol. The standard InChI is InChI=1S/C64H46N2O2.C62H38N2O2/c1-63(2)53-21-13-11-19-45(53)47-27-23-41(35-55(47)63)65(39-15-7-5-8-16-39)43-25-29-51-59(37-43)67-57-33-31-50-49(61(51)57)32-34-58-62(50)52-30-26-44(38-60(52)68-58)66(40-17-9-6-10-18-40)42-24-28-48-46-20-12-14-22-54(46)64(3,4)56(48)36-42;1-5-13-43-29-49(21-17-39(43)9-1)63(50-22-18-40-10-2-6-14-44(40)30-50)53-25-27-55-57-33-47-36-60-58(34-48(47)35-59(57)65-61(55)37-53)56-28-26-54(38-62(56)66-60)64(51-23-19-41-11-3-7-15-45(41)31-51)52-24-20-42-12-4-8-16-46(42)32-52/h5-38H,1-4H3;1-38H. The normalized spacial score (nSPS) is 13.0. The Morgan fingerprint density at radius 2 is 0.403 bits per heavy atom. The number of hydrogen-bond donors (Lipinski definition) is 0. The average molecular weight is 1720 g/mol. The number of benzene rings is 22. The molecule has 0 amide bonds. The van der Waals surface area contributed by atoms with E-state index in [0.29, 0.717) is 0 Å². The molecular formula is C126H84N4O4. The molecule has 0 fully saturated rings. The van der Waals surface area contributed by atoms with Crippen LogP contribution in [0.4, 0.5) is 68.2 Å². The highest BCUT2D eigenvalue weighted by molar-refractivity contribution is 6.28. The molecule has 2 aliphatic rings. The smallest absolute Gasteiger partial charge is 0.137 e. The summed E-state index contributed by atoms with van der Waals surface area (Å²) in [6, 6.07) is 158. The van der Waals surface area contributed by atoms with E-state index in [-0.39, 0.29) is 10.8 Å². The van der Waals surface area contributed by atoms with Crippen molar-refractivity contribution in [3.8, 4) is 22.3 Å². The lowest BCUT2D eigenvalue weighted by atomic mass is 9.82. The van der Waals surface area contributed by atoms with Crippen LogP contribution in [-0.2, 0) is 10.8 Å². The van der Waals surface area contributed by atoms with E-state index in [1.807, 2.05) is 0 Å². The molecule has 0 N–H and O–H groups in total. The molecule has 0 saturated heterocycles. The molecule has 8 nitrogen and oxygen atoms in total. The van der Waals surface area contributed by atoms with E-state index in [0.717, 1.165) is 178 Å². The molecule has 8 heteroatoms. The first-order valence-electron chi connectivity index (χ1n) is 46.1. The number of hydrogen-bond acceptors (Lipinski definition) is 8. The van der Waals surface area contributed by atoms with Crippen LogP contribution >= 0.6 is 0 Å². The number of rotatable bonds is 12. The van der Waals surface area contributed by atoms with Crippen LogP contribution in [0.3, 0.4) is 0 Å². The summed E-state index contributed by atoms with van der Waals surface area (Å²) >= 11 is 0. The summed E-state index contributed by atoms with van der Waals surface area (Å²) in [4.78, 5) is 9.36. The summed E-state index contributed by atoms with van der Waals surface area (Å²) in [6.07, 6.45) is 0. The molecule has 0 spiro atoms. The lowest BCUT2D eigenvalue weighted by Crippen LogP contribution is -2.16. The van der Waals surface area contributed by atoms with E-state index in [2.05, 4.69) is 484 Å². The van der Waals surface area contributed by atoms with Crippen LogP contribution in [-0.4, -0.2) is 0 Å². The van der Waals surface area contributed by atoms with Crippen LogP contribution in [0.2, 0.25) is 0 Å². The van der Waals surface area contributed by atoms with Crippen molar-refractivity contribution in [2.45, 2.75) is 38.5 Å². The Labute approximate surface area is 772 Å². The van der Waals surface area contributed by atoms with E-state index in [1.54, 1.807) is 0 Å². The Bertz CT molecular complexity index is 8700. The SMILES string of the molecule is CC1(C)c2ccccc2-c2ccc(N(c3ccccc3)c3ccc4c(c3)oc3ccc5c(ccc6oc7cc(N(c8ccccc8)c8ccc9c(c8)C(C)(C)c8ccccc8-9)ccc7c65)c34)cc21.c1ccc2cc(N(c3ccc4ccccc4c3)c3ccc4c(c3)oc3cc5cc6c(cc5cc34)oc3cc(N(c4ccc5ccccc5c4)c4ccc5ccccc5c4)ccc36)ccc2c1. The number of para-hydroxylation sites is 2. The Kier molecular flexibility index (Phi) is 17.0. The number of fused-ring (bicyclic) bond motifs is 26. The highest BCUT2D eigenvalue weighted by Crippen LogP contribution is 2.55. The average Bonchev–Trinajstić information content (AvgIpc) is 1.56. The summed E-state index contributed by atoms with van der Waals surface area (Å²) in [5.41, 5.74) is 30.2. The highest BCUT2D eigenvalue weighted by atomic mass is 16.3. The summed E-state index contributed by atoms with van der Waals surface area (Å²) in [5.74, 6) is 0. The third-order valence-corrected chi connectivity index (χ3v) is 28.7. The Hall–Kier alpha value is -17.2. The van der Waals surface area contributed by atoms with Crippen molar-refractivity contribution in [3.05, 3.63) is 459 Å². The van der Waals surface area contributed by atoms with Crippen LogP contribution in [0.5, 0.6) is 0 Å². The maximum absolute atomic E-state index is 6.78. The minimum absolute atomic E-state index is 0.112. The minimum Gasteiger partial charge on any atom is -0.456 e. The molecule has 134 heavy (non-hydrogen) atoms. The van der Waals surface area contributed by atoms with E-state index >= 15 is 0 Å². The van der Waals surface area contributed by atoms with Crippen LogP contribution < -0.4 is 19.6 Å². The molecular weight excluding hydrogens is 1630 g/mol. The van der Waals surface area contributed by atoms with Crippen molar-refractivity contribution in [2.24, 2.45) is 0 Å². The fraction of sp³-hybridized carbons (Fsp3) is 0.0476. The van der Waals surface area contributed by atoms with Gasteiger partial charge in [0.15, 0.2) is 0 Å². The maximum Gasteiger partial charge on any atom is 0.137 e. The van der Waals surface area contributed by atoms with Gasteiger partial charge >= 0.3 is 0 Å². The van der Waals surface area contributed by atoms with Gasteiger partial charge in [0, 0.05) is 146 Å². The fourth-order valence-electron chi connectivity index (χ4n) is 22.1. The summed E-state index contributed by atoms with van der Waals surface area (Å²) < 4.78 is 27.1. The van der Waals surface area contributed by atoms with Gasteiger partial charge in [-0.2, -0.15) is 0 Å². The highest BCUT2D eigenvalue weighted by Gasteiger charge is 2.38. The van der Waals surface area contributed by atoms with Crippen LogP contribution in [0.1, 0.15) is 49.9 Å². The number of anilines is 12. The third-order valence-electron chi connectivity index (χ3n) is 28.7. The molecule has 22 aromatic carbocycles. The van der Waals surface area contributed by atoms with Crippen molar-refractivity contribution >= 4 is 221 Å². The Morgan fingerprint density at radius 3 is 0.769 bits per heavy atom. The molecule has 2 aliphatic carbocycles. The van der Waals surface area contributed by atoms with Gasteiger partial charge in [0.05, 0.1) is 0 Å². The van der Waals surface area contributed by atoms with Gasteiger partial charge in [-0.05, 0) is 303 Å². The predicted molar refractivity (Wildman–Crippen MR) is 561 cm³/mol. The molecule has 0 saturated carbocycles. The summed E-state index contributed by atoms with van der Waals surface area (Å²) in [5, 5.41) is 22.8. The van der Waals surface area contributed by atoms with Gasteiger partial charge < -0.3 is 37.3 Å². The molecule has 26 aromatic rings. The Morgan fingerprint density at radius 1 is 0.149 bits per heavy atom. The summed E-state index contributed by atoms with van der Waals surface area (Å²) in [6.45, 7) is 9.36. The van der Waals surface area contributed by atoms with Crippen molar-refractivity contribution in [1.29, 1.82) is 0 Å². The molecule has 0 aliphatic heterocycles. The van der Waals surface area contributed by atoms with Crippen molar-refractivity contribution in [1.82, 2.24) is 0 Å². The molecule has 4 aromatic heterocycles. The van der Waals surface area contributed by atoms with Gasteiger partial charge in [0.2, 0.25) is 0 Å². The molecule has 0 atom stereocenters. The quantitative estimate of drug-likeness (QED) is 0.120.